The number of nitrogens with one attached hydrogen (secondary N) is 1. The van der Waals surface area contributed by atoms with Crippen LogP contribution in [0.1, 0.15) is 25.3 Å². The van der Waals surface area contributed by atoms with E-state index in [-0.39, 0.29) is 17.8 Å². The van der Waals surface area contributed by atoms with E-state index >= 15 is 0 Å². The van der Waals surface area contributed by atoms with Crippen LogP contribution >= 0.6 is 0 Å². The van der Waals surface area contributed by atoms with Gasteiger partial charge in [0.05, 0.1) is 18.6 Å². The molecule has 2 atom stereocenters. The summed E-state index contributed by atoms with van der Waals surface area (Å²) in [6.07, 6.45) is 2.29. The largest absolute Gasteiger partial charge is 0.492 e. The molecule has 1 aliphatic heterocycles. The molecule has 1 saturated carbocycles. The van der Waals surface area contributed by atoms with Gasteiger partial charge in [0.1, 0.15) is 12.4 Å². The molecule has 3 rings (SSSR count). The zero-order valence-electron chi connectivity index (χ0n) is 14.0. The Morgan fingerprint density at radius 3 is 2.88 bits per heavy atom. The second-order valence-corrected chi connectivity index (χ2v) is 6.73. The molecule has 24 heavy (non-hydrogen) atoms. The maximum absolute atomic E-state index is 12.3. The van der Waals surface area contributed by atoms with Gasteiger partial charge in [-0.15, -0.1) is 0 Å². The van der Waals surface area contributed by atoms with Gasteiger partial charge in [0, 0.05) is 12.8 Å². The quantitative estimate of drug-likeness (QED) is 0.494. The van der Waals surface area contributed by atoms with Gasteiger partial charge in [-0.2, -0.15) is 0 Å². The lowest BCUT2D eigenvalue weighted by molar-refractivity contribution is -0.146. The van der Waals surface area contributed by atoms with Crippen molar-refractivity contribution in [3.8, 4) is 5.75 Å². The number of carbonyl (C=O) groups excluding carboxylic acids is 2. The maximum atomic E-state index is 12.3. The van der Waals surface area contributed by atoms with E-state index < -0.39 is 5.41 Å². The minimum absolute atomic E-state index is 0.0654. The molecule has 0 spiro atoms. The minimum Gasteiger partial charge on any atom is -0.492 e. The van der Waals surface area contributed by atoms with Crippen molar-refractivity contribution >= 4 is 11.9 Å². The van der Waals surface area contributed by atoms with Crippen LogP contribution in [0.25, 0.3) is 0 Å². The molecule has 2 aliphatic rings. The highest BCUT2D eigenvalue weighted by Crippen LogP contribution is 2.52. The number of amides is 1. The molecular weight excluding hydrogens is 306 g/mol. The van der Waals surface area contributed by atoms with Crippen molar-refractivity contribution in [1.82, 2.24) is 5.32 Å². The van der Waals surface area contributed by atoms with E-state index in [1.807, 2.05) is 24.3 Å². The van der Waals surface area contributed by atoms with Gasteiger partial charge in [0.2, 0.25) is 5.91 Å². The lowest BCUT2D eigenvalue weighted by Gasteiger charge is -2.24. The highest BCUT2D eigenvalue weighted by molar-refractivity contribution is 5.81. The Labute approximate surface area is 142 Å². The first-order valence-electron chi connectivity index (χ1n) is 8.30. The summed E-state index contributed by atoms with van der Waals surface area (Å²) < 4.78 is 10.9. The van der Waals surface area contributed by atoms with Gasteiger partial charge in [-0.05, 0) is 37.0 Å². The van der Waals surface area contributed by atoms with Crippen LogP contribution in [0.5, 0.6) is 5.75 Å². The summed E-state index contributed by atoms with van der Waals surface area (Å²) in [6.45, 7) is 6.97. The fraction of sp³-hybridized carbons (Fsp3) is 0.474. The standard InChI is InChI=1S/C19H23NO4/c1-13-9-16-12-24-18(22)19(16,10-13)11-15-3-5-17(6-4-15)23-8-7-20-14(2)21/h3-6,16H,1,7-12H2,2H3,(H,20,21). The van der Waals surface area contributed by atoms with Gasteiger partial charge < -0.3 is 14.8 Å². The molecule has 128 valence electrons. The molecule has 0 aromatic heterocycles. The number of esters is 1. The average Bonchev–Trinajstić information content (AvgIpc) is 3.00. The van der Waals surface area contributed by atoms with Crippen molar-refractivity contribution in [2.75, 3.05) is 19.8 Å². The third-order valence-electron chi connectivity index (χ3n) is 4.89. The summed E-state index contributed by atoms with van der Waals surface area (Å²) in [4.78, 5) is 23.1. The van der Waals surface area contributed by atoms with Gasteiger partial charge in [-0.25, -0.2) is 0 Å². The van der Waals surface area contributed by atoms with Gasteiger partial charge in [0.15, 0.2) is 0 Å². The number of hydrogen-bond donors (Lipinski definition) is 1. The van der Waals surface area contributed by atoms with E-state index in [9.17, 15) is 9.59 Å². The van der Waals surface area contributed by atoms with Gasteiger partial charge in [-0.3, -0.25) is 9.59 Å². The van der Waals surface area contributed by atoms with Crippen LogP contribution in [0.4, 0.5) is 0 Å². The van der Waals surface area contributed by atoms with Gasteiger partial charge in [-0.1, -0.05) is 24.3 Å². The van der Waals surface area contributed by atoms with Crippen molar-refractivity contribution in [2.45, 2.75) is 26.2 Å². The lowest BCUT2D eigenvalue weighted by Crippen LogP contribution is -2.31. The van der Waals surface area contributed by atoms with Crippen molar-refractivity contribution < 1.29 is 19.1 Å². The molecule has 5 nitrogen and oxygen atoms in total. The number of ether oxygens (including phenoxy) is 2. The van der Waals surface area contributed by atoms with Crippen molar-refractivity contribution in [3.63, 3.8) is 0 Å². The first-order valence-corrected chi connectivity index (χ1v) is 8.30. The Hall–Kier alpha value is -2.30. The summed E-state index contributed by atoms with van der Waals surface area (Å²) in [5.41, 5.74) is 1.82. The fourth-order valence-electron chi connectivity index (χ4n) is 3.73. The molecule has 1 amide bonds. The molecule has 1 heterocycles. The van der Waals surface area contributed by atoms with E-state index in [4.69, 9.17) is 9.47 Å². The van der Waals surface area contributed by atoms with Crippen molar-refractivity contribution in [2.24, 2.45) is 11.3 Å². The molecule has 5 heteroatoms. The Kier molecular flexibility index (Phi) is 4.60. The molecular formula is C19H23NO4. The minimum atomic E-state index is -0.426. The molecule has 0 bridgehead atoms. The zero-order chi connectivity index (χ0) is 17.2. The van der Waals surface area contributed by atoms with Crippen molar-refractivity contribution in [3.05, 3.63) is 42.0 Å². The number of carbonyl (C=O) groups is 2. The predicted octanol–water partition coefficient (Wildman–Crippen LogP) is 2.25. The van der Waals surface area contributed by atoms with E-state index in [0.717, 1.165) is 29.7 Å². The first-order chi connectivity index (χ1) is 11.5. The Morgan fingerprint density at radius 2 is 2.17 bits per heavy atom. The Morgan fingerprint density at radius 1 is 1.42 bits per heavy atom. The molecule has 1 saturated heterocycles. The normalized spacial score (nSPS) is 25.3. The van der Waals surface area contributed by atoms with Crippen LogP contribution in [0.2, 0.25) is 0 Å². The molecule has 0 radical (unpaired) electrons. The van der Waals surface area contributed by atoms with Crippen LogP contribution in [-0.4, -0.2) is 31.6 Å². The monoisotopic (exact) mass is 329 g/mol. The summed E-state index contributed by atoms with van der Waals surface area (Å²) in [7, 11) is 0. The molecule has 1 aromatic rings. The number of hydrogen-bond acceptors (Lipinski definition) is 4. The number of rotatable bonds is 6. The van der Waals surface area contributed by atoms with Crippen LogP contribution in [-0.2, 0) is 20.7 Å². The van der Waals surface area contributed by atoms with Crippen molar-refractivity contribution in [1.29, 1.82) is 0 Å². The highest BCUT2D eigenvalue weighted by atomic mass is 16.5. The summed E-state index contributed by atoms with van der Waals surface area (Å²) >= 11 is 0. The van der Waals surface area contributed by atoms with E-state index in [1.165, 1.54) is 6.92 Å². The molecule has 2 fully saturated rings. The molecule has 1 aromatic carbocycles. The number of fused-ring (bicyclic) bond motifs is 1. The molecule has 1 aliphatic carbocycles. The molecule has 1 N–H and O–H groups in total. The lowest BCUT2D eigenvalue weighted by atomic mass is 9.75. The number of cyclic esters (lactones) is 1. The third kappa shape index (κ3) is 3.30. The van der Waals surface area contributed by atoms with Crippen LogP contribution < -0.4 is 10.1 Å². The summed E-state index contributed by atoms with van der Waals surface area (Å²) in [6, 6.07) is 7.79. The van der Waals surface area contributed by atoms with E-state index in [2.05, 4.69) is 11.9 Å². The number of allylic oxidation sites excluding steroid dienone is 1. The predicted molar refractivity (Wildman–Crippen MR) is 89.6 cm³/mol. The fourth-order valence-corrected chi connectivity index (χ4v) is 3.73. The van der Waals surface area contributed by atoms with Gasteiger partial charge in [0.25, 0.3) is 0 Å². The maximum Gasteiger partial charge on any atom is 0.313 e. The van der Waals surface area contributed by atoms with E-state index in [1.54, 1.807) is 0 Å². The topological polar surface area (TPSA) is 64.6 Å². The molecule has 2 unspecified atom stereocenters. The summed E-state index contributed by atoms with van der Waals surface area (Å²) in [5, 5.41) is 2.69. The van der Waals surface area contributed by atoms with Crippen LogP contribution in [0.3, 0.4) is 0 Å². The SMILES string of the molecule is C=C1CC2COC(=O)C2(Cc2ccc(OCCNC(C)=O)cc2)C1. The van der Waals surface area contributed by atoms with Gasteiger partial charge >= 0.3 is 5.97 Å². The summed E-state index contributed by atoms with van der Waals surface area (Å²) in [5.74, 6) is 0.861. The van der Waals surface area contributed by atoms with Crippen LogP contribution in [0, 0.1) is 11.3 Å². The second-order valence-electron chi connectivity index (χ2n) is 6.73. The van der Waals surface area contributed by atoms with E-state index in [0.29, 0.717) is 26.2 Å². The third-order valence-corrected chi connectivity index (χ3v) is 4.89. The smallest absolute Gasteiger partial charge is 0.313 e. The zero-order valence-corrected chi connectivity index (χ0v) is 14.0. The highest BCUT2D eigenvalue weighted by Gasteiger charge is 2.55. The number of benzene rings is 1. The second kappa shape index (κ2) is 6.67. The Bertz CT molecular complexity index is 652. The average molecular weight is 329 g/mol. The Balaban J connectivity index is 1.61. The van der Waals surface area contributed by atoms with Crippen LogP contribution in [0.15, 0.2) is 36.4 Å². The first kappa shape index (κ1) is 16.6.